The largest absolute Gasteiger partial charge is 0.391 e. The Labute approximate surface area is 122 Å². The number of halogens is 1. The number of nitrogens with two attached hydrogens (primary N) is 1. The molecule has 0 aliphatic carbocycles. The van der Waals surface area contributed by atoms with Crippen LogP contribution in [0.1, 0.15) is 6.92 Å². The van der Waals surface area contributed by atoms with Gasteiger partial charge in [0.2, 0.25) is 0 Å². The standard InChI is InChI=1S/C11H11FN2O4S2/c1-8(14(16)11(13)15)6-7-20(17)18-9-2-4-10(19-12)5-3-9/h2-5,8,16H,1H3,(H2,13,15). The maximum absolute atomic E-state index is 12.2. The van der Waals surface area contributed by atoms with Gasteiger partial charge < -0.3 is 9.92 Å². The van der Waals surface area contributed by atoms with Crippen LogP contribution >= 0.6 is 12.1 Å². The zero-order valence-electron chi connectivity index (χ0n) is 10.3. The normalized spacial score (nSPS) is 12.8. The molecule has 0 aliphatic heterocycles. The fourth-order valence-electron chi connectivity index (χ4n) is 1.04. The highest BCUT2D eigenvalue weighted by molar-refractivity contribution is 7.94. The summed E-state index contributed by atoms with van der Waals surface area (Å²) in [7, 11) is 0. The molecule has 0 spiro atoms. The number of nitrogens with zero attached hydrogens (tertiary/aromatic N) is 1. The summed E-state index contributed by atoms with van der Waals surface area (Å²) in [6.45, 7) is 1.39. The Morgan fingerprint density at radius 3 is 2.65 bits per heavy atom. The van der Waals surface area contributed by atoms with E-state index in [4.69, 9.17) is 15.1 Å². The zero-order valence-corrected chi connectivity index (χ0v) is 11.9. The van der Waals surface area contributed by atoms with Gasteiger partial charge in [-0.25, -0.2) is 9.00 Å². The van der Waals surface area contributed by atoms with Crippen LogP contribution in [0.4, 0.5) is 8.68 Å². The molecule has 1 aromatic carbocycles. The van der Waals surface area contributed by atoms with Gasteiger partial charge in [0.1, 0.15) is 11.8 Å². The minimum atomic E-state index is -1.98. The Bertz CT molecular complexity index is 556. The molecule has 0 saturated carbocycles. The second-order valence-electron chi connectivity index (χ2n) is 3.47. The van der Waals surface area contributed by atoms with Crippen molar-refractivity contribution in [3.8, 4) is 16.9 Å². The van der Waals surface area contributed by atoms with Gasteiger partial charge in [0.25, 0.3) is 11.1 Å². The lowest BCUT2D eigenvalue weighted by Crippen LogP contribution is -2.38. The summed E-state index contributed by atoms with van der Waals surface area (Å²) < 4.78 is 28.6. The van der Waals surface area contributed by atoms with E-state index in [2.05, 4.69) is 11.2 Å². The van der Waals surface area contributed by atoms with Gasteiger partial charge in [-0.1, -0.05) is 5.92 Å². The van der Waals surface area contributed by atoms with Gasteiger partial charge in [-0.2, -0.15) is 8.95 Å². The number of rotatable bonds is 4. The van der Waals surface area contributed by atoms with Crippen LogP contribution in [0.25, 0.3) is 0 Å². The number of carbonyl (C=O) groups is 1. The van der Waals surface area contributed by atoms with E-state index < -0.39 is 23.2 Å². The number of carbonyl (C=O) groups excluding carboxylic acids is 1. The number of hydrogen-bond acceptors (Lipinski definition) is 5. The molecule has 1 aromatic rings. The first-order chi connectivity index (χ1) is 9.43. The lowest BCUT2D eigenvalue weighted by Gasteiger charge is -2.14. The molecule has 6 nitrogen and oxygen atoms in total. The van der Waals surface area contributed by atoms with Crippen molar-refractivity contribution in [1.29, 1.82) is 0 Å². The number of benzene rings is 1. The van der Waals surface area contributed by atoms with Gasteiger partial charge in [-0.15, -0.1) is 0 Å². The molecule has 108 valence electrons. The smallest absolute Gasteiger partial charge is 0.339 e. The third-order valence-corrected chi connectivity index (χ3v) is 3.11. The summed E-state index contributed by atoms with van der Waals surface area (Å²) in [5.74, 6) is 2.59. The second-order valence-corrected chi connectivity index (χ2v) is 4.94. The van der Waals surface area contributed by atoms with Gasteiger partial charge in [0, 0.05) is 10.1 Å². The summed E-state index contributed by atoms with van der Waals surface area (Å²) in [4.78, 5) is 11.0. The number of amides is 2. The Balaban J connectivity index is 2.61. The minimum absolute atomic E-state index is 0.0800. The van der Waals surface area contributed by atoms with Gasteiger partial charge in [0.15, 0.2) is 0 Å². The number of hydroxylamine groups is 2. The van der Waals surface area contributed by atoms with Crippen molar-refractivity contribution in [2.24, 2.45) is 5.73 Å². The molecule has 3 N–H and O–H groups in total. The monoisotopic (exact) mass is 318 g/mol. The summed E-state index contributed by atoms with van der Waals surface area (Å²) in [5, 5.41) is 11.5. The van der Waals surface area contributed by atoms with Crippen LogP contribution in [0.5, 0.6) is 5.75 Å². The van der Waals surface area contributed by atoms with Gasteiger partial charge in [-0.05, 0) is 31.2 Å². The van der Waals surface area contributed by atoms with E-state index in [1.807, 2.05) is 0 Å². The maximum Gasteiger partial charge on any atom is 0.339 e. The quantitative estimate of drug-likeness (QED) is 0.502. The molecule has 2 amide bonds. The average molecular weight is 318 g/mol. The molecule has 0 saturated heterocycles. The van der Waals surface area contributed by atoms with E-state index in [-0.39, 0.29) is 23.0 Å². The van der Waals surface area contributed by atoms with E-state index in [9.17, 15) is 12.9 Å². The Kier molecular flexibility index (Phi) is 6.30. The van der Waals surface area contributed by atoms with Crippen LogP contribution in [-0.4, -0.2) is 26.6 Å². The van der Waals surface area contributed by atoms with Crippen molar-refractivity contribution in [2.75, 3.05) is 0 Å². The highest BCUT2D eigenvalue weighted by Gasteiger charge is 2.12. The fourth-order valence-corrected chi connectivity index (χ4v) is 1.87. The predicted molar refractivity (Wildman–Crippen MR) is 72.6 cm³/mol. The molecule has 0 bridgehead atoms. The van der Waals surface area contributed by atoms with Crippen LogP contribution in [0.2, 0.25) is 0 Å². The molecule has 0 heterocycles. The lowest BCUT2D eigenvalue weighted by molar-refractivity contribution is -0.0536. The van der Waals surface area contributed by atoms with Crippen LogP contribution in [0, 0.1) is 11.2 Å². The Morgan fingerprint density at radius 2 is 2.15 bits per heavy atom. The molecule has 1 rings (SSSR count). The third kappa shape index (κ3) is 5.08. The average Bonchev–Trinajstić information content (AvgIpc) is 2.44. The SMILES string of the molecule is CC(C#CS(=O)Oc1ccc(SF)cc1)N(O)C(N)=O. The van der Waals surface area contributed by atoms with Crippen molar-refractivity contribution >= 4 is 29.3 Å². The van der Waals surface area contributed by atoms with Crippen LogP contribution in [-0.2, 0) is 11.1 Å². The molecule has 20 heavy (non-hydrogen) atoms. The molecule has 0 aromatic heterocycles. The van der Waals surface area contributed by atoms with E-state index >= 15 is 0 Å². The van der Waals surface area contributed by atoms with Crippen LogP contribution in [0.15, 0.2) is 29.2 Å². The van der Waals surface area contributed by atoms with Crippen molar-refractivity contribution in [3.63, 3.8) is 0 Å². The first kappa shape index (κ1) is 16.3. The lowest BCUT2D eigenvalue weighted by atomic mass is 10.3. The zero-order chi connectivity index (χ0) is 15.1. The Morgan fingerprint density at radius 1 is 1.55 bits per heavy atom. The van der Waals surface area contributed by atoms with Gasteiger partial charge >= 0.3 is 6.03 Å². The summed E-state index contributed by atoms with van der Waals surface area (Å²) in [5.41, 5.74) is 4.82. The van der Waals surface area contributed by atoms with Crippen molar-refractivity contribution in [1.82, 2.24) is 5.06 Å². The van der Waals surface area contributed by atoms with E-state index in [0.29, 0.717) is 4.90 Å². The van der Waals surface area contributed by atoms with Crippen LogP contribution in [0.3, 0.4) is 0 Å². The first-order valence-corrected chi connectivity index (χ1v) is 7.00. The predicted octanol–water partition coefficient (Wildman–Crippen LogP) is 1.82. The minimum Gasteiger partial charge on any atom is -0.391 e. The number of urea groups is 1. The van der Waals surface area contributed by atoms with Crippen molar-refractivity contribution < 1.29 is 22.3 Å². The van der Waals surface area contributed by atoms with Crippen LogP contribution < -0.4 is 9.92 Å². The molecule has 9 heteroatoms. The molecular weight excluding hydrogens is 307 g/mol. The third-order valence-electron chi connectivity index (χ3n) is 2.03. The fraction of sp³-hybridized carbons (Fsp3) is 0.182. The van der Waals surface area contributed by atoms with Crippen molar-refractivity contribution in [2.45, 2.75) is 17.9 Å². The van der Waals surface area contributed by atoms with Crippen molar-refractivity contribution in [3.05, 3.63) is 24.3 Å². The number of primary amides is 1. The summed E-state index contributed by atoms with van der Waals surface area (Å²) in [6, 6.07) is 3.79. The van der Waals surface area contributed by atoms with E-state index in [1.165, 1.54) is 31.2 Å². The molecule has 0 fully saturated rings. The Hall–Kier alpha value is -1.76. The maximum atomic E-state index is 12.2. The van der Waals surface area contributed by atoms with E-state index in [0.717, 1.165) is 0 Å². The molecule has 0 radical (unpaired) electrons. The first-order valence-electron chi connectivity index (χ1n) is 5.21. The van der Waals surface area contributed by atoms with Gasteiger partial charge in [-0.3, -0.25) is 5.21 Å². The second kappa shape index (κ2) is 7.74. The molecule has 0 aliphatic rings. The highest BCUT2D eigenvalue weighted by Crippen LogP contribution is 2.22. The summed E-state index contributed by atoms with van der Waals surface area (Å²) >= 11 is -1.90. The summed E-state index contributed by atoms with van der Waals surface area (Å²) in [6.07, 6.45) is 0. The molecule has 2 unspecified atom stereocenters. The number of hydrogen-bond donors (Lipinski definition) is 2. The molecular formula is C11H11FN2O4S2. The topological polar surface area (TPSA) is 92.9 Å². The molecule has 2 atom stereocenters. The van der Waals surface area contributed by atoms with Gasteiger partial charge in [0.05, 0.1) is 12.1 Å². The van der Waals surface area contributed by atoms with E-state index in [1.54, 1.807) is 0 Å². The highest BCUT2D eigenvalue weighted by atomic mass is 32.2.